The maximum atomic E-state index is 12.6. The topological polar surface area (TPSA) is 154 Å². The Bertz CT molecular complexity index is 1240. The molecule has 2 aromatic rings. The van der Waals surface area contributed by atoms with E-state index in [1.54, 1.807) is 30.3 Å². The maximum Gasteiger partial charge on any atom is 0.414 e. The van der Waals surface area contributed by atoms with E-state index >= 15 is 0 Å². The Hall–Kier alpha value is -5.00. The summed E-state index contributed by atoms with van der Waals surface area (Å²) < 4.78 is 20.0. The van der Waals surface area contributed by atoms with Gasteiger partial charge in [-0.1, -0.05) is 37.4 Å². The molecule has 2 atom stereocenters. The molecule has 0 aliphatic carbocycles. The van der Waals surface area contributed by atoms with Gasteiger partial charge in [0.15, 0.2) is 0 Å². The van der Waals surface area contributed by atoms with Gasteiger partial charge < -0.3 is 18.9 Å². The summed E-state index contributed by atoms with van der Waals surface area (Å²) >= 11 is 0. The molecule has 2 rings (SSSR count). The number of carbonyl (C=O) groups excluding carboxylic acids is 4. The molecule has 200 valence electrons. The number of azo groups is 1. The van der Waals surface area contributed by atoms with Crippen molar-refractivity contribution in [1.29, 1.82) is 0 Å². The Labute approximate surface area is 219 Å². The Morgan fingerprint density at radius 3 is 1.76 bits per heavy atom. The third kappa shape index (κ3) is 9.57. The van der Waals surface area contributed by atoms with Gasteiger partial charge in [0.2, 0.25) is 12.6 Å². The first-order valence-electron chi connectivity index (χ1n) is 11.2. The van der Waals surface area contributed by atoms with Crippen LogP contribution in [0.2, 0.25) is 0 Å². The second-order valence-corrected chi connectivity index (χ2v) is 7.80. The van der Waals surface area contributed by atoms with E-state index in [4.69, 9.17) is 18.9 Å². The second-order valence-electron chi connectivity index (χ2n) is 7.80. The standard InChI is InChI=1S/C26H28N4O8/c1-15(2)23(31)35-17(5)37-25(33)27-20-13-10-14-21(30-29-19-11-8-7-9-12-19)22(20)28-26(34)38-18(6)36-24(32)16(3)4/h7-14,17-18H,1,3H2,2,4-6H3,(H,27,33)(H,28,34). The predicted molar refractivity (Wildman–Crippen MR) is 138 cm³/mol. The average molecular weight is 525 g/mol. The van der Waals surface area contributed by atoms with Crippen molar-refractivity contribution >= 4 is 46.9 Å². The SMILES string of the molecule is C=C(C)C(=O)OC(C)OC(=O)Nc1cccc(N=Nc2ccccc2)c1NC(=O)OC(C)OC(=O)C(=C)C. The molecule has 0 aromatic heterocycles. The van der Waals surface area contributed by atoms with Gasteiger partial charge in [0.05, 0.1) is 17.1 Å². The number of nitrogens with one attached hydrogen (secondary N) is 2. The van der Waals surface area contributed by atoms with Gasteiger partial charge in [-0.3, -0.25) is 10.6 Å². The molecule has 0 fully saturated rings. The quantitative estimate of drug-likeness (QED) is 0.163. The Balaban J connectivity index is 2.26. The fourth-order valence-corrected chi connectivity index (χ4v) is 2.59. The molecule has 0 saturated carbocycles. The number of carbonyl (C=O) groups is 4. The van der Waals surface area contributed by atoms with Crippen LogP contribution < -0.4 is 10.6 Å². The molecule has 12 heteroatoms. The molecule has 2 aromatic carbocycles. The van der Waals surface area contributed by atoms with Crippen LogP contribution >= 0.6 is 0 Å². The van der Waals surface area contributed by atoms with Crippen molar-refractivity contribution in [3.8, 4) is 0 Å². The van der Waals surface area contributed by atoms with E-state index in [9.17, 15) is 19.2 Å². The molecule has 0 bridgehead atoms. The third-order valence-electron chi connectivity index (χ3n) is 4.32. The van der Waals surface area contributed by atoms with Gasteiger partial charge in [0, 0.05) is 25.0 Å². The fourth-order valence-electron chi connectivity index (χ4n) is 2.59. The first kappa shape index (κ1) is 29.2. The zero-order valence-corrected chi connectivity index (χ0v) is 21.3. The monoisotopic (exact) mass is 524 g/mol. The zero-order chi connectivity index (χ0) is 28.2. The first-order valence-corrected chi connectivity index (χ1v) is 11.2. The van der Waals surface area contributed by atoms with Gasteiger partial charge in [-0.05, 0) is 38.1 Å². The van der Waals surface area contributed by atoms with Gasteiger partial charge in [-0.2, -0.15) is 5.11 Å². The highest BCUT2D eigenvalue weighted by Gasteiger charge is 2.20. The van der Waals surface area contributed by atoms with Crippen LogP contribution in [0.15, 0.2) is 83.1 Å². The number of para-hydroxylation sites is 1. The van der Waals surface area contributed by atoms with Crippen molar-refractivity contribution in [2.75, 3.05) is 10.6 Å². The highest BCUT2D eigenvalue weighted by atomic mass is 16.7. The van der Waals surface area contributed by atoms with Crippen LogP contribution in [0.25, 0.3) is 0 Å². The van der Waals surface area contributed by atoms with E-state index in [1.165, 1.54) is 39.8 Å². The van der Waals surface area contributed by atoms with E-state index in [1.807, 2.05) is 6.07 Å². The lowest BCUT2D eigenvalue weighted by atomic mass is 10.2. The van der Waals surface area contributed by atoms with Crippen molar-refractivity contribution in [2.24, 2.45) is 10.2 Å². The average Bonchev–Trinajstić information content (AvgIpc) is 2.84. The van der Waals surface area contributed by atoms with E-state index in [0.717, 1.165) is 0 Å². The minimum atomic E-state index is -1.25. The Morgan fingerprint density at radius 2 is 1.24 bits per heavy atom. The first-order chi connectivity index (χ1) is 18.0. The molecule has 0 aliphatic heterocycles. The van der Waals surface area contributed by atoms with Crippen LogP contribution in [0.1, 0.15) is 27.7 Å². The van der Waals surface area contributed by atoms with Crippen LogP contribution in [0.3, 0.4) is 0 Å². The number of nitrogens with zero attached hydrogens (tertiary/aromatic N) is 2. The molecule has 2 amide bonds. The van der Waals surface area contributed by atoms with E-state index in [-0.39, 0.29) is 28.2 Å². The zero-order valence-electron chi connectivity index (χ0n) is 21.3. The highest BCUT2D eigenvalue weighted by molar-refractivity contribution is 5.99. The Morgan fingerprint density at radius 1 is 0.711 bits per heavy atom. The van der Waals surface area contributed by atoms with Gasteiger partial charge in [-0.25, -0.2) is 19.2 Å². The molecule has 0 spiro atoms. The lowest BCUT2D eigenvalue weighted by Crippen LogP contribution is -2.27. The van der Waals surface area contributed by atoms with E-state index in [2.05, 4.69) is 34.0 Å². The molecule has 2 unspecified atom stereocenters. The summed E-state index contributed by atoms with van der Waals surface area (Å²) in [6.45, 7) is 12.5. The number of hydrogen-bond acceptors (Lipinski definition) is 10. The summed E-state index contributed by atoms with van der Waals surface area (Å²) in [5.41, 5.74) is 0.996. The number of anilines is 2. The summed E-state index contributed by atoms with van der Waals surface area (Å²) in [6, 6.07) is 13.3. The number of amides is 2. The lowest BCUT2D eigenvalue weighted by Gasteiger charge is -2.18. The summed E-state index contributed by atoms with van der Waals surface area (Å²) in [6.07, 6.45) is -4.49. The fraction of sp³-hybridized carbons (Fsp3) is 0.231. The maximum absolute atomic E-state index is 12.6. The van der Waals surface area contributed by atoms with Crippen molar-refractivity contribution in [2.45, 2.75) is 40.3 Å². The van der Waals surface area contributed by atoms with Crippen molar-refractivity contribution in [3.05, 3.63) is 72.8 Å². The van der Waals surface area contributed by atoms with Crippen LogP contribution in [-0.4, -0.2) is 36.7 Å². The van der Waals surface area contributed by atoms with E-state index < -0.39 is 36.7 Å². The van der Waals surface area contributed by atoms with Crippen LogP contribution in [0.4, 0.5) is 32.3 Å². The molecule has 0 saturated heterocycles. The van der Waals surface area contributed by atoms with Gasteiger partial charge in [0.1, 0.15) is 5.69 Å². The highest BCUT2D eigenvalue weighted by Crippen LogP contribution is 2.34. The normalized spacial score (nSPS) is 12.0. The molecule has 38 heavy (non-hydrogen) atoms. The third-order valence-corrected chi connectivity index (χ3v) is 4.32. The second kappa shape index (κ2) is 13.9. The minimum absolute atomic E-state index is 0.000794. The van der Waals surface area contributed by atoms with Gasteiger partial charge >= 0.3 is 24.1 Å². The van der Waals surface area contributed by atoms with Crippen LogP contribution in [-0.2, 0) is 28.5 Å². The smallest absolute Gasteiger partial charge is 0.414 e. The number of esters is 2. The van der Waals surface area contributed by atoms with Gasteiger partial charge in [-0.15, -0.1) is 5.11 Å². The summed E-state index contributed by atoms with van der Waals surface area (Å²) in [5, 5.41) is 13.2. The van der Waals surface area contributed by atoms with E-state index in [0.29, 0.717) is 5.69 Å². The minimum Gasteiger partial charge on any atom is -0.422 e. The largest absolute Gasteiger partial charge is 0.422 e. The summed E-state index contributed by atoms with van der Waals surface area (Å²) in [4.78, 5) is 48.3. The van der Waals surface area contributed by atoms with Crippen molar-refractivity contribution < 1.29 is 38.1 Å². The molecule has 0 aliphatic rings. The number of rotatable bonds is 10. The lowest BCUT2D eigenvalue weighted by molar-refractivity contribution is -0.160. The number of benzene rings is 2. The van der Waals surface area contributed by atoms with Crippen LogP contribution in [0, 0.1) is 0 Å². The predicted octanol–water partition coefficient (Wildman–Crippen LogP) is 6.13. The van der Waals surface area contributed by atoms with Crippen LogP contribution in [0.5, 0.6) is 0 Å². The van der Waals surface area contributed by atoms with Crippen molar-refractivity contribution in [3.63, 3.8) is 0 Å². The molecular formula is C26H28N4O8. The Kier molecular flexibility index (Phi) is 10.7. The molecule has 12 nitrogen and oxygen atoms in total. The molecular weight excluding hydrogens is 496 g/mol. The molecule has 2 N–H and O–H groups in total. The summed E-state index contributed by atoms with van der Waals surface area (Å²) in [7, 11) is 0. The molecule has 0 heterocycles. The van der Waals surface area contributed by atoms with Crippen molar-refractivity contribution in [1.82, 2.24) is 0 Å². The number of hydrogen-bond donors (Lipinski definition) is 2. The van der Waals surface area contributed by atoms with Gasteiger partial charge in [0.25, 0.3) is 0 Å². The number of ether oxygens (including phenoxy) is 4. The summed E-state index contributed by atoms with van der Waals surface area (Å²) in [5.74, 6) is -1.48. The molecule has 0 radical (unpaired) electrons.